The first-order valence-electron chi connectivity index (χ1n) is 10.3. The lowest BCUT2D eigenvalue weighted by molar-refractivity contribution is -0.136. The molecule has 0 saturated heterocycles. The van der Waals surface area contributed by atoms with E-state index >= 15 is 0 Å². The molecule has 0 unspecified atom stereocenters. The van der Waals surface area contributed by atoms with Crippen LogP contribution in [0.4, 0.5) is 10.1 Å². The molecule has 33 heavy (non-hydrogen) atoms. The molecule has 1 amide bonds. The van der Waals surface area contributed by atoms with Crippen LogP contribution in [0.15, 0.2) is 71.4 Å². The zero-order chi connectivity index (χ0) is 23.9. The molecule has 1 aliphatic rings. The highest BCUT2D eigenvalue weighted by atomic mass is 35.5. The van der Waals surface area contributed by atoms with E-state index in [1.807, 2.05) is 48.7 Å². The highest BCUT2D eigenvalue weighted by Crippen LogP contribution is 2.37. The number of aromatic nitrogens is 1. The van der Waals surface area contributed by atoms with Crippen LogP contribution in [-0.4, -0.2) is 23.6 Å². The first-order valence-corrected chi connectivity index (χ1v) is 10.7. The summed E-state index contributed by atoms with van der Waals surface area (Å²) in [5.74, 6) is -1.72. The van der Waals surface area contributed by atoms with Crippen LogP contribution in [0.5, 0.6) is 0 Å². The smallest absolute Gasteiger partial charge is 0.340 e. The lowest BCUT2D eigenvalue weighted by Crippen LogP contribution is -2.25. The highest BCUT2D eigenvalue weighted by Gasteiger charge is 2.39. The van der Waals surface area contributed by atoms with Crippen LogP contribution >= 0.6 is 11.6 Å². The third-order valence-electron chi connectivity index (χ3n) is 5.75. The molecule has 168 valence electrons. The summed E-state index contributed by atoms with van der Waals surface area (Å²) in [6, 6.07) is 15.3. The van der Waals surface area contributed by atoms with Crippen molar-refractivity contribution in [3.63, 3.8) is 0 Å². The predicted molar refractivity (Wildman–Crippen MR) is 127 cm³/mol. The van der Waals surface area contributed by atoms with E-state index in [0.29, 0.717) is 10.7 Å². The minimum atomic E-state index is -0.661. The molecule has 0 fully saturated rings. The van der Waals surface area contributed by atoms with Crippen molar-refractivity contribution in [3.8, 4) is 5.69 Å². The molecule has 3 aromatic rings. The molecule has 0 atom stereocenters. The number of esters is 1. The Hall–Kier alpha value is -3.64. The SMILES string of the molecule is COC(=O)C1=C(C)N(c2ccccc2F)C(=O)/C1=C\c1cc(C)n(-c2ccccc2Cl)c1C. The van der Waals surface area contributed by atoms with Crippen molar-refractivity contribution in [1.29, 1.82) is 0 Å². The summed E-state index contributed by atoms with van der Waals surface area (Å²) in [6.07, 6.45) is 1.65. The number of hydrogen-bond acceptors (Lipinski definition) is 3. The third-order valence-corrected chi connectivity index (χ3v) is 6.07. The Kier molecular flexibility index (Phi) is 5.95. The van der Waals surface area contributed by atoms with E-state index in [0.717, 1.165) is 22.6 Å². The van der Waals surface area contributed by atoms with Gasteiger partial charge in [-0.15, -0.1) is 0 Å². The van der Waals surface area contributed by atoms with Gasteiger partial charge < -0.3 is 9.30 Å². The van der Waals surface area contributed by atoms with Crippen molar-refractivity contribution >= 4 is 35.2 Å². The number of carbonyl (C=O) groups is 2. The topological polar surface area (TPSA) is 51.5 Å². The fourth-order valence-electron chi connectivity index (χ4n) is 4.20. The number of nitrogens with zero attached hydrogens (tertiary/aromatic N) is 2. The third kappa shape index (κ3) is 3.76. The fourth-order valence-corrected chi connectivity index (χ4v) is 4.42. The molecular weight excluding hydrogens is 443 g/mol. The molecule has 5 nitrogen and oxygen atoms in total. The molecule has 0 spiro atoms. The Morgan fingerprint density at radius 2 is 1.67 bits per heavy atom. The number of methoxy groups -OCH3 is 1. The Balaban J connectivity index is 1.88. The summed E-state index contributed by atoms with van der Waals surface area (Å²) in [5.41, 5.74) is 3.92. The van der Waals surface area contributed by atoms with E-state index in [-0.39, 0.29) is 16.8 Å². The van der Waals surface area contributed by atoms with Gasteiger partial charge in [0, 0.05) is 17.1 Å². The number of rotatable bonds is 4. The second kappa shape index (κ2) is 8.71. The second-order valence-corrected chi connectivity index (χ2v) is 8.12. The van der Waals surface area contributed by atoms with Gasteiger partial charge in [-0.1, -0.05) is 35.9 Å². The fraction of sp³-hybridized carbons (Fsp3) is 0.154. The molecule has 1 aromatic heterocycles. The zero-order valence-electron chi connectivity index (χ0n) is 18.6. The van der Waals surface area contributed by atoms with Crippen molar-refractivity contribution in [2.24, 2.45) is 0 Å². The molecule has 0 N–H and O–H groups in total. The summed E-state index contributed by atoms with van der Waals surface area (Å²) >= 11 is 6.41. The molecule has 1 aliphatic heterocycles. The maximum atomic E-state index is 14.5. The van der Waals surface area contributed by atoms with Gasteiger partial charge >= 0.3 is 5.97 Å². The Labute approximate surface area is 196 Å². The van der Waals surface area contributed by atoms with Crippen LogP contribution in [0.25, 0.3) is 11.8 Å². The van der Waals surface area contributed by atoms with E-state index < -0.39 is 17.7 Å². The molecule has 2 aromatic carbocycles. The molecule has 7 heteroatoms. The van der Waals surface area contributed by atoms with Crippen LogP contribution in [0.3, 0.4) is 0 Å². The van der Waals surface area contributed by atoms with E-state index in [9.17, 15) is 14.0 Å². The average Bonchev–Trinajstić information content (AvgIpc) is 3.20. The summed E-state index contributed by atoms with van der Waals surface area (Å²) in [4.78, 5) is 27.3. The summed E-state index contributed by atoms with van der Waals surface area (Å²) in [6.45, 7) is 5.44. The summed E-state index contributed by atoms with van der Waals surface area (Å²) in [5, 5.41) is 0.590. The van der Waals surface area contributed by atoms with Crippen LogP contribution < -0.4 is 4.90 Å². The van der Waals surface area contributed by atoms with Gasteiger partial charge in [-0.2, -0.15) is 0 Å². The Bertz CT molecular complexity index is 1350. The number of carbonyl (C=O) groups excluding carboxylic acids is 2. The standard InChI is InChI=1S/C26H22ClFN2O3/c1-15-13-18(16(2)29(15)22-11-7-5-9-20(22)27)14-19-24(26(32)33-4)17(3)30(25(19)31)23-12-8-6-10-21(23)28/h5-14H,1-4H3/b19-14-. The van der Waals surface area contributed by atoms with Gasteiger partial charge in [-0.3, -0.25) is 9.69 Å². The summed E-state index contributed by atoms with van der Waals surface area (Å²) < 4.78 is 21.5. The maximum Gasteiger partial charge on any atom is 0.340 e. The number of ether oxygens (including phenoxy) is 1. The van der Waals surface area contributed by atoms with Gasteiger partial charge in [-0.25, -0.2) is 9.18 Å². The lowest BCUT2D eigenvalue weighted by Gasteiger charge is -2.18. The number of halogens is 2. The zero-order valence-corrected chi connectivity index (χ0v) is 19.4. The minimum absolute atomic E-state index is 0.0753. The number of allylic oxidation sites excluding steroid dienone is 1. The first kappa shape index (κ1) is 22.6. The molecular formula is C26H22ClFN2O3. The first-order chi connectivity index (χ1) is 15.8. The quantitative estimate of drug-likeness (QED) is 0.364. The molecule has 4 rings (SSSR count). The van der Waals surface area contributed by atoms with Gasteiger partial charge in [-0.05, 0) is 62.7 Å². The van der Waals surface area contributed by atoms with E-state index in [1.165, 1.54) is 24.1 Å². The maximum absolute atomic E-state index is 14.5. The van der Waals surface area contributed by atoms with Crippen LogP contribution in [0.1, 0.15) is 23.9 Å². The number of benzene rings is 2. The van der Waals surface area contributed by atoms with Crippen molar-refractivity contribution in [1.82, 2.24) is 4.57 Å². The van der Waals surface area contributed by atoms with Crippen LogP contribution in [0, 0.1) is 19.7 Å². The molecule has 0 aliphatic carbocycles. The van der Waals surface area contributed by atoms with Gasteiger partial charge in [0.2, 0.25) is 0 Å². The lowest BCUT2D eigenvalue weighted by atomic mass is 10.0. The van der Waals surface area contributed by atoms with Crippen LogP contribution in [0.2, 0.25) is 5.02 Å². The van der Waals surface area contributed by atoms with E-state index in [1.54, 1.807) is 25.1 Å². The van der Waals surface area contributed by atoms with Gasteiger partial charge in [0.05, 0.1) is 34.7 Å². The van der Waals surface area contributed by atoms with Gasteiger partial charge in [0.15, 0.2) is 0 Å². The second-order valence-electron chi connectivity index (χ2n) is 7.72. The monoisotopic (exact) mass is 464 g/mol. The molecule has 2 heterocycles. The van der Waals surface area contributed by atoms with E-state index in [4.69, 9.17) is 16.3 Å². The van der Waals surface area contributed by atoms with Gasteiger partial charge in [0.1, 0.15) is 5.82 Å². The normalized spacial score (nSPS) is 15.0. The number of para-hydroxylation sites is 2. The number of amides is 1. The van der Waals surface area contributed by atoms with Crippen LogP contribution in [-0.2, 0) is 14.3 Å². The summed E-state index contributed by atoms with van der Waals surface area (Å²) in [7, 11) is 1.25. The molecule has 0 bridgehead atoms. The molecule has 0 radical (unpaired) electrons. The van der Waals surface area contributed by atoms with E-state index in [2.05, 4.69) is 0 Å². The average molecular weight is 465 g/mol. The molecule has 0 saturated carbocycles. The highest BCUT2D eigenvalue weighted by molar-refractivity contribution is 6.32. The number of aryl methyl sites for hydroxylation is 1. The number of hydrogen-bond donors (Lipinski definition) is 0. The van der Waals surface area contributed by atoms with Crippen molar-refractivity contribution in [3.05, 3.63) is 99.2 Å². The number of anilines is 1. The Morgan fingerprint density at radius 3 is 2.30 bits per heavy atom. The van der Waals surface area contributed by atoms with Crippen molar-refractivity contribution in [2.45, 2.75) is 20.8 Å². The Morgan fingerprint density at radius 1 is 1.03 bits per heavy atom. The minimum Gasteiger partial charge on any atom is -0.465 e. The van der Waals surface area contributed by atoms with Crippen molar-refractivity contribution < 1.29 is 18.7 Å². The largest absolute Gasteiger partial charge is 0.465 e. The van der Waals surface area contributed by atoms with Crippen molar-refractivity contribution in [2.75, 3.05) is 12.0 Å². The van der Waals surface area contributed by atoms with Gasteiger partial charge in [0.25, 0.3) is 5.91 Å². The predicted octanol–water partition coefficient (Wildman–Crippen LogP) is 5.76.